The molecule has 13 heavy (non-hydrogen) atoms. The number of hydrogen-bond acceptors (Lipinski definition) is 4. The molecule has 0 N–H and O–H groups in total. The summed E-state index contributed by atoms with van der Waals surface area (Å²) in [5, 5.41) is 1.34. The first kappa shape index (κ1) is 12.8. The third kappa shape index (κ3) is 8.12. The van der Waals surface area contributed by atoms with Crippen LogP contribution in [0, 0.1) is 0 Å². The van der Waals surface area contributed by atoms with Gasteiger partial charge in [0.1, 0.15) is 0 Å². The molecule has 0 aromatic rings. The molecule has 0 fully saturated rings. The van der Waals surface area contributed by atoms with Crippen LogP contribution in [-0.2, 0) is 9.47 Å². The van der Waals surface area contributed by atoms with Crippen molar-refractivity contribution in [2.24, 2.45) is 0 Å². The fourth-order valence-corrected chi connectivity index (χ4v) is 1.37. The van der Waals surface area contributed by atoms with Crippen LogP contribution >= 0.6 is 24.4 Å². The third-order valence-corrected chi connectivity index (χ3v) is 2.02. The zero-order chi connectivity index (χ0) is 10.1. The molecule has 0 aliphatic rings. The van der Waals surface area contributed by atoms with Crippen molar-refractivity contribution < 1.29 is 9.47 Å². The summed E-state index contributed by atoms with van der Waals surface area (Å²) in [5.41, 5.74) is 0. The summed E-state index contributed by atoms with van der Waals surface area (Å²) in [6.07, 6.45) is 2.49. The van der Waals surface area contributed by atoms with Crippen LogP contribution in [0.3, 0.4) is 0 Å². The molecule has 0 radical (unpaired) electrons. The molecule has 0 spiro atoms. The monoisotopic (exact) mass is 220 g/mol. The van der Waals surface area contributed by atoms with Crippen molar-refractivity contribution in [3.8, 4) is 0 Å². The van der Waals surface area contributed by atoms with E-state index < -0.39 is 0 Å². The minimum atomic E-state index is 0.648. The Kier molecular flexibility index (Phi) is 8.24. The highest BCUT2D eigenvalue weighted by Crippen LogP contribution is 2.02. The van der Waals surface area contributed by atoms with Gasteiger partial charge in [-0.2, -0.15) is 0 Å². The van der Waals surface area contributed by atoms with Crippen LogP contribution < -0.4 is 0 Å². The zero-order valence-corrected chi connectivity index (χ0v) is 9.80. The number of rotatable bonds is 6. The maximum absolute atomic E-state index is 5.13. The minimum Gasteiger partial charge on any atom is -0.487 e. The van der Waals surface area contributed by atoms with Gasteiger partial charge in [0.2, 0.25) is 0 Å². The van der Waals surface area contributed by atoms with Crippen molar-refractivity contribution >= 4 is 34.5 Å². The van der Waals surface area contributed by atoms with Crippen LogP contribution in [0.4, 0.5) is 0 Å². The predicted molar refractivity (Wildman–Crippen MR) is 62.3 cm³/mol. The van der Waals surface area contributed by atoms with Gasteiger partial charge in [-0.3, -0.25) is 0 Å². The largest absolute Gasteiger partial charge is 0.487 e. The Morgan fingerprint density at radius 1 is 0.923 bits per heavy atom. The van der Waals surface area contributed by atoms with Crippen LogP contribution in [0.2, 0.25) is 0 Å². The molecule has 0 saturated heterocycles. The van der Waals surface area contributed by atoms with Crippen LogP contribution in [-0.4, -0.2) is 23.3 Å². The van der Waals surface area contributed by atoms with E-state index in [2.05, 4.69) is 0 Å². The molecule has 0 unspecified atom stereocenters. The fraction of sp³-hybridized carbons (Fsp3) is 0.778. The average Bonchev–Trinajstić information content (AvgIpc) is 2.05. The van der Waals surface area contributed by atoms with Crippen LogP contribution in [0.25, 0.3) is 0 Å². The van der Waals surface area contributed by atoms with Gasteiger partial charge in [0, 0.05) is 12.8 Å². The molecular weight excluding hydrogens is 204 g/mol. The summed E-state index contributed by atoms with van der Waals surface area (Å²) in [7, 11) is 0. The molecule has 0 aromatic carbocycles. The Bertz CT molecular complexity index is 151. The molecule has 0 aliphatic heterocycles. The van der Waals surface area contributed by atoms with Crippen molar-refractivity contribution in [2.75, 3.05) is 13.2 Å². The smallest absolute Gasteiger partial charge is 0.159 e. The molecule has 0 amide bonds. The van der Waals surface area contributed by atoms with Gasteiger partial charge in [-0.05, 0) is 44.7 Å². The van der Waals surface area contributed by atoms with Crippen LogP contribution in [0.5, 0.6) is 0 Å². The molecule has 0 atom stereocenters. The third-order valence-electron chi connectivity index (χ3n) is 1.37. The maximum Gasteiger partial charge on any atom is 0.159 e. The average molecular weight is 220 g/mol. The number of thiocarbonyl (C=S) groups is 2. The highest BCUT2D eigenvalue weighted by molar-refractivity contribution is 7.80. The van der Waals surface area contributed by atoms with E-state index in [1.165, 1.54) is 0 Å². The van der Waals surface area contributed by atoms with Crippen molar-refractivity contribution in [2.45, 2.75) is 33.1 Å². The van der Waals surface area contributed by atoms with Gasteiger partial charge >= 0.3 is 0 Å². The van der Waals surface area contributed by atoms with Gasteiger partial charge in [-0.1, -0.05) is 0 Å². The van der Waals surface area contributed by atoms with Gasteiger partial charge in [0.05, 0.1) is 13.2 Å². The molecule has 76 valence electrons. The van der Waals surface area contributed by atoms with E-state index >= 15 is 0 Å². The summed E-state index contributed by atoms with van der Waals surface area (Å²) < 4.78 is 10.3. The first-order valence-corrected chi connectivity index (χ1v) is 5.33. The molecule has 4 heteroatoms. The molecule has 0 aliphatic carbocycles. The lowest BCUT2D eigenvalue weighted by Gasteiger charge is -2.05. The molecule has 2 nitrogen and oxygen atoms in total. The lowest BCUT2D eigenvalue weighted by Crippen LogP contribution is -2.04. The molecule has 0 bridgehead atoms. The second-order valence-corrected chi connectivity index (χ2v) is 3.37. The van der Waals surface area contributed by atoms with E-state index in [1.807, 2.05) is 13.8 Å². The highest BCUT2D eigenvalue weighted by Gasteiger charge is 2.00. The van der Waals surface area contributed by atoms with Gasteiger partial charge in [0.25, 0.3) is 0 Å². The Labute approximate surface area is 90.6 Å². The summed E-state index contributed by atoms with van der Waals surface area (Å²) >= 11 is 9.93. The van der Waals surface area contributed by atoms with E-state index in [1.54, 1.807) is 0 Å². The van der Waals surface area contributed by atoms with Crippen molar-refractivity contribution in [1.29, 1.82) is 0 Å². The van der Waals surface area contributed by atoms with E-state index in [0.29, 0.717) is 23.3 Å². The fourth-order valence-electron chi connectivity index (χ4n) is 0.843. The molecule has 0 rings (SSSR count). The second kappa shape index (κ2) is 8.38. The maximum atomic E-state index is 5.13. The molecule has 0 heterocycles. The summed E-state index contributed by atoms with van der Waals surface area (Å²) in [6.45, 7) is 5.15. The van der Waals surface area contributed by atoms with Crippen molar-refractivity contribution in [3.63, 3.8) is 0 Å². The number of ether oxygens (including phenoxy) is 2. The predicted octanol–water partition coefficient (Wildman–Crippen LogP) is 2.88. The summed E-state index contributed by atoms with van der Waals surface area (Å²) in [4.78, 5) is 0. The minimum absolute atomic E-state index is 0.648. The Morgan fingerprint density at radius 3 is 1.62 bits per heavy atom. The van der Waals surface area contributed by atoms with Gasteiger partial charge in [0.15, 0.2) is 10.1 Å². The van der Waals surface area contributed by atoms with E-state index in [-0.39, 0.29) is 0 Å². The SMILES string of the molecule is CCOC(=S)CCCC(=S)OCC. The number of hydrogen-bond donors (Lipinski definition) is 0. The van der Waals surface area contributed by atoms with E-state index in [9.17, 15) is 0 Å². The zero-order valence-electron chi connectivity index (χ0n) is 8.17. The first-order valence-electron chi connectivity index (χ1n) is 4.52. The molecule has 0 saturated carbocycles. The van der Waals surface area contributed by atoms with E-state index in [0.717, 1.165) is 19.3 Å². The Hall–Kier alpha value is -0.220. The first-order chi connectivity index (χ1) is 6.20. The van der Waals surface area contributed by atoms with Gasteiger partial charge in [-0.25, -0.2) is 0 Å². The van der Waals surface area contributed by atoms with Gasteiger partial charge in [-0.15, -0.1) is 0 Å². The van der Waals surface area contributed by atoms with Crippen LogP contribution in [0.15, 0.2) is 0 Å². The van der Waals surface area contributed by atoms with E-state index in [4.69, 9.17) is 33.9 Å². The normalized spacial score (nSPS) is 9.38. The highest BCUT2D eigenvalue weighted by atomic mass is 32.1. The van der Waals surface area contributed by atoms with Crippen LogP contribution in [0.1, 0.15) is 33.1 Å². The van der Waals surface area contributed by atoms with Gasteiger partial charge < -0.3 is 9.47 Å². The van der Waals surface area contributed by atoms with Crippen molar-refractivity contribution in [1.82, 2.24) is 0 Å². The topological polar surface area (TPSA) is 18.5 Å². The second-order valence-electron chi connectivity index (χ2n) is 2.46. The standard InChI is InChI=1S/C9H16O2S2/c1-3-10-8(12)6-5-7-9(13)11-4-2/h3-7H2,1-2H3. The molecular formula is C9H16O2S2. The molecule has 0 aromatic heterocycles. The lowest BCUT2D eigenvalue weighted by atomic mass is 10.2. The van der Waals surface area contributed by atoms with Crippen molar-refractivity contribution in [3.05, 3.63) is 0 Å². The quantitative estimate of drug-likeness (QED) is 0.640. The summed E-state index contributed by atoms with van der Waals surface area (Å²) in [6, 6.07) is 0. The lowest BCUT2D eigenvalue weighted by molar-refractivity contribution is 0.319. The summed E-state index contributed by atoms with van der Waals surface area (Å²) in [5.74, 6) is 0. The Balaban J connectivity index is 3.33. The Morgan fingerprint density at radius 2 is 1.31 bits per heavy atom.